The Morgan fingerprint density at radius 1 is 1.05 bits per heavy atom. The summed E-state index contributed by atoms with van der Waals surface area (Å²) >= 11 is 3.21. The van der Waals surface area contributed by atoms with Crippen LogP contribution in [0, 0.1) is 0 Å². The summed E-state index contributed by atoms with van der Waals surface area (Å²) < 4.78 is 54.9. The standard InChI is InChI=1S/C13H17BN2O2.C13H9BrF3NO2/c1-12(2)13(3,4)18-14(17-12)10-6-5-9-8-15-16-11(9)7-10;14-10-5-6-12(19)18(8-10)7-9-3-1-2-4-11(9)20-13(15,16)17/h5-8H,1-4H3,(H,15,16);1-6,8H,7H2. The Kier molecular flexibility index (Phi) is 7.78. The van der Waals surface area contributed by atoms with E-state index in [0.29, 0.717) is 4.47 Å². The lowest BCUT2D eigenvalue weighted by Crippen LogP contribution is -2.41. The summed E-state index contributed by atoms with van der Waals surface area (Å²) in [5.41, 5.74) is 1.37. The third kappa shape index (κ3) is 6.48. The molecular weight excluding hydrogens is 566 g/mol. The van der Waals surface area contributed by atoms with Crippen molar-refractivity contribution in [3.63, 3.8) is 0 Å². The van der Waals surface area contributed by atoms with Crippen LogP contribution in [-0.2, 0) is 15.9 Å². The Morgan fingerprint density at radius 3 is 2.42 bits per heavy atom. The van der Waals surface area contributed by atoms with E-state index in [-0.39, 0.29) is 41.7 Å². The van der Waals surface area contributed by atoms with Crippen LogP contribution in [0.4, 0.5) is 13.2 Å². The number of hydrogen-bond donors (Lipinski definition) is 1. The van der Waals surface area contributed by atoms with Crippen molar-refractivity contribution < 1.29 is 27.2 Å². The van der Waals surface area contributed by atoms with Crippen molar-refractivity contribution in [1.29, 1.82) is 0 Å². The molecule has 1 fully saturated rings. The summed E-state index contributed by atoms with van der Waals surface area (Å²) in [4.78, 5) is 11.7. The van der Waals surface area contributed by atoms with Gasteiger partial charge in [-0.2, -0.15) is 5.10 Å². The minimum absolute atomic E-state index is 0.00940. The largest absolute Gasteiger partial charge is 0.573 e. The molecular formula is C26H26BBrF3N3O4. The Balaban J connectivity index is 0.000000178. The smallest absolute Gasteiger partial charge is 0.405 e. The number of nitrogens with one attached hydrogen (secondary N) is 1. The SMILES string of the molecule is CC1(C)OB(c2ccc3cn[nH]c3c2)OC1(C)C.O=c1ccc(Br)cn1Cc1ccccc1OC(F)(F)F. The van der Waals surface area contributed by atoms with Crippen molar-refractivity contribution in [2.45, 2.75) is 51.8 Å². The highest BCUT2D eigenvalue weighted by Crippen LogP contribution is 2.36. The molecule has 0 unspecified atom stereocenters. The molecule has 0 radical (unpaired) electrons. The van der Waals surface area contributed by atoms with Crippen LogP contribution in [0.1, 0.15) is 33.3 Å². The number of para-hydroxylation sites is 1. The Bertz CT molecular complexity index is 1470. The number of halogens is 4. The lowest BCUT2D eigenvalue weighted by molar-refractivity contribution is -0.274. The van der Waals surface area contributed by atoms with Gasteiger partial charge < -0.3 is 18.6 Å². The number of pyridine rings is 1. The molecule has 1 aliphatic rings. The first-order valence-electron chi connectivity index (χ1n) is 11.7. The van der Waals surface area contributed by atoms with E-state index >= 15 is 0 Å². The van der Waals surface area contributed by atoms with Gasteiger partial charge >= 0.3 is 13.5 Å². The highest BCUT2D eigenvalue weighted by Gasteiger charge is 2.51. The number of aromatic nitrogens is 3. The number of fused-ring (bicyclic) bond motifs is 1. The van der Waals surface area contributed by atoms with Crippen LogP contribution in [0.3, 0.4) is 0 Å². The summed E-state index contributed by atoms with van der Waals surface area (Å²) in [6.45, 7) is 8.22. The van der Waals surface area contributed by atoms with Gasteiger partial charge in [0.2, 0.25) is 0 Å². The summed E-state index contributed by atoms with van der Waals surface area (Å²) in [6.07, 6.45) is -1.45. The molecule has 200 valence electrons. The zero-order chi connectivity index (χ0) is 27.7. The average Bonchev–Trinajstić information content (AvgIpc) is 3.37. The van der Waals surface area contributed by atoms with Crippen LogP contribution in [0.15, 0.2) is 76.3 Å². The molecule has 0 atom stereocenters. The number of benzene rings is 2. The van der Waals surface area contributed by atoms with E-state index in [9.17, 15) is 18.0 Å². The Labute approximate surface area is 226 Å². The van der Waals surface area contributed by atoms with E-state index in [1.807, 2.05) is 24.4 Å². The summed E-state index contributed by atoms with van der Waals surface area (Å²) in [5.74, 6) is -0.313. The highest BCUT2D eigenvalue weighted by atomic mass is 79.9. The first-order chi connectivity index (χ1) is 17.7. The molecule has 2 aromatic carbocycles. The molecule has 0 aliphatic carbocycles. The number of nitrogens with zero attached hydrogens (tertiary/aromatic N) is 2. The number of ether oxygens (including phenoxy) is 1. The molecule has 2 aromatic heterocycles. The fourth-order valence-corrected chi connectivity index (χ4v) is 4.13. The highest BCUT2D eigenvalue weighted by molar-refractivity contribution is 9.10. The minimum atomic E-state index is -4.77. The average molecular weight is 592 g/mol. The van der Waals surface area contributed by atoms with E-state index in [2.05, 4.69) is 58.6 Å². The monoisotopic (exact) mass is 591 g/mol. The lowest BCUT2D eigenvalue weighted by atomic mass is 9.79. The molecule has 5 rings (SSSR count). The van der Waals surface area contributed by atoms with Crippen LogP contribution in [-0.4, -0.2) is 39.4 Å². The van der Waals surface area contributed by atoms with Crippen molar-refractivity contribution >= 4 is 39.4 Å². The predicted molar refractivity (Wildman–Crippen MR) is 142 cm³/mol. The second kappa shape index (κ2) is 10.6. The second-order valence-electron chi connectivity index (χ2n) is 9.77. The Morgan fingerprint density at radius 2 is 1.74 bits per heavy atom. The zero-order valence-electron chi connectivity index (χ0n) is 21.2. The lowest BCUT2D eigenvalue weighted by Gasteiger charge is -2.32. The van der Waals surface area contributed by atoms with Crippen molar-refractivity contribution in [2.75, 3.05) is 0 Å². The third-order valence-corrected chi connectivity index (χ3v) is 6.95. The van der Waals surface area contributed by atoms with E-state index in [4.69, 9.17) is 9.31 Å². The van der Waals surface area contributed by atoms with Crippen LogP contribution in [0.5, 0.6) is 5.75 Å². The van der Waals surface area contributed by atoms with Gasteiger partial charge in [0.15, 0.2) is 0 Å². The number of alkyl halides is 3. The maximum absolute atomic E-state index is 12.3. The van der Waals surface area contributed by atoms with E-state index in [1.54, 1.807) is 12.1 Å². The number of rotatable bonds is 4. The first-order valence-corrected chi connectivity index (χ1v) is 12.5. The Hall–Kier alpha value is -3.09. The van der Waals surface area contributed by atoms with Gasteiger partial charge in [-0.15, -0.1) is 13.2 Å². The van der Waals surface area contributed by atoms with E-state index < -0.39 is 6.36 Å². The van der Waals surface area contributed by atoms with Crippen molar-refractivity contribution in [1.82, 2.24) is 14.8 Å². The van der Waals surface area contributed by atoms with Crippen molar-refractivity contribution in [3.05, 3.63) is 87.4 Å². The number of hydrogen-bond acceptors (Lipinski definition) is 5. The quantitative estimate of drug-likeness (QED) is 0.321. The molecule has 0 bridgehead atoms. The van der Waals surface area contributed by atoms with Gasteiger partial charge in [-0.1, -0.05) is 30.3 Å². The van der Waals surface area contributed by atoms with Crippen LogP contribution in [0.2, 0.25) is 0 Å². The van der Waals surface area contributed by atoms with Crippen LogP contribution < -0.4 is 15.8 Å². The number of H-pyrrole nitrogens is 1. The molecule has 4 aromatic rings. The van der Waals surface area contributed by atoms with Gasteiger partial charge in [0.1, 0.15) is 5.75 Å². The molecule has 0 spiro atoms. The second-order valence-corrected chi connectivity index (χ2v) is 10.7. The van der Waals surface area contributed by atoms with Gasteiger partial charge in [0.25, 0.3) is 5.56 Å². The zero-order valence-corrected chi connectivity index (χ0v) is 22.8. The molecule has 1 aliphatic heterocycles. The maximum atomic E-state index is 12.3. The molecule has 1 N–H and O–H groups in total. The molecule has 7 nitrogen and oxygen atoms in total. The minimum Gasteiger partial charge on any atom is -0.405 e. The normalized spacial score (nSPS) is 16.3. The van der Waals surface area contributed by atoms with E-state index in [1.165, 1.54) is 35.0 Å². The fraction of sp³-hybridized carbons (Fsp3) is 0.308. The van der Waals surface area contributed by atoms with Gasteiger partial charge in [-0.25, -0.2) is 0 Å². The molecule has 0 saturated carbocycles. The van der Waals surface area contributed by atoms with Gasteiger partial charge in [0, 0.05) is 27.7 Å². The van der Waals surface area contributed by atoms with Gasteiger partial charge in [-0.3, -0.25) is 9.89 Å². The van der Waals surface area contributed by atoms with Crippen molar-refractivity contribution in [3.8, 4) is 5.75 Å². The predicted octanol–water partition coefficient (Wildman–Crippen LogP) is 5.42. The van der Waals surface area contributed by atoms with Gasteiger partial charge in [-0.05, 0) is 67.3 Å². The van der Waals surface area contributed by atoms with Crippen LogP contribution in [0.25, 0.3) is 10.9 Å². The van der Waals surface area contributed by atoms with Gasteiger partial charge in [0.05, 0.1) is 29.5 Å². The maximum Gasteiger partial charge on any atom is 0.573 e. The van der Waals surface area contributed by atoms with E-state index in [0.717, 1.165) is 16.4 Å². The summed E-state index contributed by atoms with van der Waals surface area (Å²) in [5, 5.41) is 8.08. The van der Waals surface area contributed by atoms with Crippen molar-refractivity contribution in [2.24, 2.45) is 0 Å². The first kappa shape index (κ1) is 27.9. The topological polar surface area (TPSA) is 78.4 Å². The molecule has 38 heavy (non-hydrogen) atoms. The summed E-state index contributed by atoms with van der Waals surface area (Å²) in [7, 11) is -0.317. The molecule has 12 heteroatoms. The fourth-order valence-electron chi connectivity index (χ4n) is 3.75. The number of aromatic amines is 1. The molecule has 1 saturated heterocycles. The molecule has 3 heterocycles. The summed E-state index contributed by atoms with van der Waals surface area (Å²) in [6, 6.07) is 14.7. The third-order valence-electron chi connectivity index (χ3n) is 6.48. The van der Waals surface area contributed by atoms with Crippen LogP contribution >= 0.6 is 15.9 Å². The molecule has 0 amide bonds.